The van der Waals surface area contributed by atoms with E-state index in [1.165, 1.54) is 0 Å². The van der Waals surface area contributed by atoms with E-state index in [1.807, 2.05) is 6.92 Å². The Morgan fingerprint density at radius 3 is 2.76 bits per heavy atom. The van der Waals surface area contributed by atoms with Gasteiger partial charge in [0.25, 0.3) is 5.91 Å². The van der Waals surface area contributed by atoms with Crippen molar-refractivity contribution in [3.63, 3.8) is 0 Å². The van der Waals surface area contributed by atoms with Crippen molar-refractivity contribution in [2.24, 2.45) is 5.92 Å². The van der Waals surface area contributed by atoms with Crippen LogP contribution in [0, 0.1) is 12.8 Å². The lowest BCUT2D eigenvalue weighted by atomic mass is 10.1. The molecule has 2 aromatic heterocycles. The van der Waals surface area contributed by atoms with Crippen molar-refractivity contribution in [3.05, 3.63) is 41.3 Å². The predicted molar refractivity (Wildman–Crippen MR) is 75.6 cm³/mol. The molecule has 2 aromatic rings. The molecule has 6 heteroatoms. The van der Waals surface area contributed by atoms with E-state index in [1.54, 1.807) is 25.4 Å². The molecule has 110 valence electrons. The SMILES string of the molecule is CCc1noc(C)c1C(=O)NC(c1ncccn1)C1CC1. The fourth-order valence-electron chi connectivity index (χ4n) is 2.46. The Morgan fingerprint density at radius 2 is 2.14 bits per heavy atom. The number of aryl methyl sites for hydroxylation is 2. The molecule has 1 atom stereocenters. The van der Waals surface area contributed by atoms with Crippen LogP contribution in [0.5, 0.6) is 0 Å². The molecule has 0 spiro atoms. The van der Waals surface area contributed by atoms with Crippen molar-refractivity contribution >= 4 is 5.91 Å². The third-order valence-electron chi connectivity index (χ3n) is 3.74. The molecule has 1 fully saturated rings. The van der Waals surface area contributed by atoms with E-state index in [2.05, 4.69) is 20.4 Å². The minimum Gasteiger partial charge on any atom is -0.361 e. The maximum Gasteiger partial charge on any atom is 0.257 e. The highest BCUT2D eigenvalue weighted by Gasteiger charge is 2.36. The molecule has 1 unspecified atom stereocenters. The first kappa shape index (κ1) is 13.7. The second kappa shape index (κ2) is 5.63. The van der Waals surface area contributed by atoms with E-state index in [4.69, 9.17) is 4.52 Å². The maximum atomic E-state index is 12.6. The average Bonchev–Trinajstić information content (AvgIpc) is 3.27. The van der Waals surface area contributed by atoms with Gasteiger partial charge in [-0.3, -0.25) is 4.79 Å². The first-order chi connectivity index (χ1) is 10.2. The second-order valence-corrected chi connectivity index (χ2v) is 5.31. The number of nitrogens with zero attached hydrogens (tertiary/aromatic N) is 3. The topological polar surface area (TPSA) is 80.9 Å². The summed E-state index contributed by atoms with van der Waals surface area (Å²) in [5, 5.41) is 6.98. The number of hydrogen-bond acceptors (Lipinski definition) is 5. The Bertz CT molecular complexity index is 634. The molecule has 6 nitrogen and oxygen atoms in total. The Balaban J connectivity index is 1.83. The summed E-state index contributed by atoms with van der Waals surface area (Å²) in [4.78, 5) is 21.1. The summed E-state index contributed by atoms with van der Waals surface area (Å²) in [5.74, 6) is 1.48. The van der Waals surface area contributed by atoms with Crippen LogP contribution in [0.25, 0.3) is 0 Å². The lowest BCUT2D eigenvalue weighted by Crippen LogP contribution is -2.31. The van der Waals surface area contributed by atoms with Gasteiger partial charge in [-0.25, -0.2) is 9.97 Å². The van der Waals surface area contributed by atoms with Crippen molar-refractivity contribution in [1.29, 1.82) is 0 Å². The zero-order chi connectivity index (χ0) is 14.8. The molecular weight excluding hydrogens is 268 g/mol. The highest BCUT2D eigenvalue weighted by Crippen LogP contribution is 2.40. The average molecular weight is 286 g/mol. The van der Waals surface area contributed by atoms with Crippen molar-refractivity contribution in [3.8, 4) is 0 Å². The van der Waals surface area contributed by atoms with Gasteiger partial charge in [-0.2, -0.15) is 0 Å². The van der Waals surface area contributed by atoms with Gasteiger partial charge in [-0.15, -0.1) is 0 Å². The van der Waals surface area contributed by atoms with E-state index in [9.17, 15) is 4.79 Å². The number of carbonyl (C=O) groups excluding carboxylic acids is 1. The maximum absolute atomic E-state index is 12.6. The van der Waals surface area contributed by atoms with E-state index in [0.29, 0.717) is 35.2 Å². The number of hydrogen-bond donors (Lipinski definition) is 1. The third kappa shape index (κ3) is 2.79. The normalized spacial score (nSPS) is 15.7. The minimum atomic E-state index is -0.157. The Labute approximate surface area is 123 Å². The van der Waals surface area contributed by atoms with Gasteiger partial charge in [-0.05, 0) is 38.2 Å². The second-order valence-electron chi connectivity index (χ2n) is 5.31. The number of rotatable bonds is 5. The standard InChI is InChI=1S/C15H18N4O2/c1-3-11-12(9(2)21-19-11)15(20)18-13(10-5-6-10)14-16-7-4-8-17-14/h4,7-8,10,13H,3,5-6H2,1-2H3,(H,18,20). The van der Waals surface area contributed by atoms with Crippen LogP contribution in [0.2, 0.25) is 0 Å². The highest BCUT2D eigenvalue weighted by molar-refractivity contribution is 5.96. The van der Waals surface area contributed by atoms with Crippen LogP contribution in [0.15, 0.2) is 23.0 Å². The van der Waals surface area contributed by atoms with E-state index in [0.717, 1.165) is 12.8 Å². The van der Waals surface area contributed by atoms with Crippen LogP contribution in [0.1, 0.15) is 53.4 Å². The van der Waals surface area contributed by atoms with Crippen LogP contribution in [-0.4, -0.2) is 21.0 Å². The van der Waals surface area contributed by atoms with Crippen LogP contribution in [-0.2, 0) is 6.42 Å². The summed E-state index contributed by atoms with van der Waals surface area (Å²) in [6.07, 6.45) is 6.24. The molecule has 0 aromatic carbocycles. The molecule has 1 amide bonds. The highest BCUT2D eigenvalue weighted by atomic mass is 16.5. The molecule has 0 bridgehead atoms. The molecule has 1 N–H and O–H groups in total. The molecule has 0 saturated heterocycles. The van der Waals surface area contributed by atoms with Crippen molar-refractivity contribution < 1.29 is 9.32 Å². The summed E-state index contributed by atoms with van der Waals surface area (Å²) in [7, 11) is 0. The summed E-state index contributed by atoms with van der Waals surface area (Å²) in [6, 6.07) is 1.63. The first-order valence-corrected chi connectivity index (χ1v) is 7.23. The van der Waals surface area contributed by atoms with Crippen LogP contribution >= 0.6 is 0 Å². The Morgan fingerprint density at radius 1 is 1.43 bits per heavy atom. The summed E-state index contributed by atoms with van der Waals surface area (Å²) >= 11 is 0. The van der Waals surface area contributed by atoms with E-state index in [-0.39, 0.29) is 11.9 Å². The van der Waals surface area contributed by atoms with Crippen molar-refractivity contribution in [1.82, 2.24) is 20.4 Å². The molecule has 1 saturated carbocycles. The van der Waals surface area contributed by atoms with Gasteiger partial charge in [0.15, 0.2) is 5.82 Å². The van der Waals surface area contributed by atoms with Gasteiger partial charge in [-0.1, -0.05) is 12.1 Å². The lowest BCUT2D eigenvalue weighted by molar-refractivity contribution is 0.0927. The summed E-state index contributed by atoms with van der Waals surface area (Å²) in [5.41, 5.74) is 1.23. The summed E-state index contributed by atoms with van der Waals surface area (Å²) < 4.78 is 5.13. The van der Waals surface area contributed by atoms with Gasteiger partial charge in [0, 0.05) is 12.4 Å². The molecule has 21 heavy (non-hydrogen) atoms. The van der Waals surface area contributed by atoms with Gasteiger partial charge in [0.1, 0.15) is 11.3 Å². The zero-order valence-corrected chi connectivity index (χ0v) is 12.2. The summed E-state index contributed by atoms with van der Waals surface area (Å²) in [6.45, 7) is 3.71. The number of aromatic nitrogens is 3. The predicted octanol–water partition coefficient (Wildman–Crippen LogP) is 2.22. The number of nitrogens with one attached hydrogen (secondary N) is 1. The van der Waals surface area contributed by atoms with E-state index >= 15 is 0 Å². The number of amides is 1. The van der Waals surface area contributed by atoms with Crippen molar-refractivity contribution in [2.45, 2.75) is 39.2 Å². The third-order valence-corrected chi connectivity index (χ3v) is 3.74. The van der Waals surface area contributed by atoms with Gasteiger partial charge in [0.2, 0.25) is 0 Å². The van der Waals surface area contributed by atoms with Gasteiger partial charge >= 0.3 is 0 Å². The fraction of sp³-hybridized carbons (Fsp3) is 0.467. The fourth-order valence-corrected chi connectivity index (χ4v) is 2.46. The molecule has 0 aliphatic heterocycles. The molecule has 2 heterocycles. The lowest BCUT2D eigenvalue weighted by Gasteiger charge is -2.16. The van der Waals surface area contributed by atoms with Crippen LogP contribution in [0.3, 0.4) is 0 Å². The number of carbonyl (C=O) groups is 1. The van der Waals surface area contributed by atoms with Crippen LogP contribution in [0.4, 0.5) is 0 Å². The van der Waals surface area contributed by atoms with Crippen LogP contribution < -0.4 is 5.32 Å². The molecule has 0 radical (unpaired) electrons. The molecule has 1 aliphatic carbocycles. The smallest absolute Gasteiger partial charge is 0.257 e. The Kier molecular flexibility index (Phi) is 3.68. The van der Waals surface area contributed by atoms with E-state index < -0.39 is 0 Å². The van der Waals surface area contributed by atoms with Gasteiger partial charge < -0.3 is 9.84 Å². The largest absolute Gasteiger partial charge is 0.361 e. The Hall–Kier alpha value is -2.24. The monoisotopic (exact) mass is 286 g/mol. The quantitative estimate of drug-likeness (QED) is 0.911. The van der Waals surface area contributed by atoms with Crippen molar-refractivity contribution in [2.75, 3.05) is 0 Å². The molecule has 1 aliphatic rings. The molecule has 3 rings (SSSR count). The van der Waals surface area contributed by atoms with Gasteiger partial charge in [0.05, 0.1) is 11.7 Å². The minimum absolute atomic E-state index is 0.141. The zero-order valence-electron chi connectivity index (χ0n) is 12.2. The first-order valence-electron chi connectivity index (χ1n) is 7.23. The molecular formula is C15H18N4O2.